The van der Waals surface area contributed by atoms with Crippen LogP contribution in [0.25, 0.3) is 16.3 Å². The van der Waals surface area contributed by atoms with Crippen LogP contribution in [0.4, 0.5) is 0 Å². The van der Waals surface area contributed by atoms with Crippen LogP contribution in [-0.2, 0) is 0 Å². The van der Waals surface area contributed by atoms with Crippen molar-refractivity contribution < 1.29 is 4.74 Å². The molecule has 0 saturated heterocycles. The molecule has 0 amide bonds. The Morgan fingerprint density at radius 3 is 2.56 bits per heavy atom. The Bertz CT molecular complexity index is 1020. The second-order valence-corrected chi connectivity index (χ2v) is 7.45. The molecule has 1 atom stereocenters. The quantitative estimate of drug-likeness (QED) is 0.504. The maximum Gasteiger partial charge on any atom is 0.235 e. The van der Waals surface area contributed by atoms with Crippen molar-refractivity contribution in [3.63, 3.8) is 0 Å². The van der Waals surface area contributed by atoms with Gasteiger partial charge >= 0.3 is 0 Å². The van der Waals surface area contributed by atoms with Crippen molar-refractivity contribution in [2.45, 2.75) is 19.9 Å². The number of fused-ring (bicyclic) bond motifs is 1. The predicted molar refractivity (Wildman–Crippen MR) is 99.1 cm³/mol. The highest BCUT2D eigenvalue weighted by Crippen LogP contribution is 2.28. The minimum absolute atomic E-state index is 0.0143. The number of hydrogen-bond donors (Lipinski definition) is 0. The van der Waals surface area contributed by atoms with E-state index in [0.717, 1.165) is 31.4 Å². The van der Waals surface area contributed by atoms with Crippen molar-refractivity contribution in [2.24, 2.45) is 0 Å². The van der Waals surface area contributed by atoms with Gasteiger partial charge in [0.2, 0.25) is 4.96 Å². The average molecular weight is 419 g/mol. The molecule has 25 heavy (non-hydrogen) atoms. The number of rotatable bonds is 4. The van der Waals surface area contributed by atoms with Crippen LogP contribution in [0.2, 0.25) is 0 Å². The third-order valence-corrected chi connectivity index (χ3v) is 5.81. The van der Waals surface area contributed by atoms with Crippen LogP contribution in [0.15, 0.2) is 34.9 Å². The first-order chi connectivity index (χ1) is 12.1. The number of ether oxygens (including phenoxy) is 1. The number of aryl methyl sites for hydroxylation is 1. The van der Waals surface area contributed by atoms with Gasteiger partial charge in [-0.3, -0.25) is 4.68 Å². The summed E-state index contributed by atoms with van der Waals surface area (Å²) >= 11 is 5.02. The van der Waals surface area contributed by atoms with Gasteiger partial charge in [0.25, 0.3) is 0 Å². The topological polar surface area (TPSA) is 70.1 Å². The van der Waals surface area contributed by atoms with E-state index in [4.69, 9.17) is 9.84 Å². The summed E-state index contributed by atoms with van der Waals surface area (Å²) < 4.78 is 9.87. The molecule has 0 unspecified atom stereocenters. The van der Waals surface area contributed by atoms with Gasteiger partial charge in [-0.1, -0.05) is 11.3 Å². The molecular formula is C16H15BrN6OS. The van der Waals surface area contributed by atoms with Crippen molar-refractivity contribution in [1.29, 1.82) is 0 Å². The van der Waals surface area contributed by atoms with E-state index >= 15 is 0 Å². The molecule has 3 aromatic heterocycles. The van der Waals surface area contributed by atoms with Gasteiger partial charge in [0.1, 0.15) is 16.8 Å². The van der Waals surface area contributed by atoms with Crippen LogP contribution < -0.4 is 4.74 Å². The maximum absolute atomic E-state index is 5.20. The van der Waals surface area contributed by atoms with E-state index in [0.29, 0.717) is 5.82 Å². The number of hydrogen-bond acceptors (Lipinski definition) is 6. The first kappa shape index (κ1) is 16.2. The molecule has 0 N–H and O–H groups in total. The normalized spacial score (nSPS) is 12.6. The van der Waals surface area contributed by atoms with Gasteiger partial charge in [-0.15, -0.1) is 10.2 Å². The van der Waals surface area contributed by atoms with Crippen molar-refractivity contribution in [1.82, 2.24) is 29.6 Å². The van der Waals surface area contributed by atoms with Gasteiger partial charge in [0, 0.05) is 11.8 Å². The summed E-state index contributed by atoms with van der Waals surface area (Å²) in [5.74, 6) is 1.52. The first-order valence-electron chi connectivity index (χ1n) is 7.64. The predicted octanol–water partition coefficient (Wildman–Crippen LogP) is 3.74. The van der Waals surface area contributed by atoms with E-state index in [1.807, 2.05) is 42.1 Å². The summed E-state index contributed by atoms with van der Waals surface area (Å²) in [6, 6.07) is 7.71. The minimum atomic E-state index is 0.0143. The van der Waals surface area contributed by atoms with Crippen LogP contribution >= 0.6 is 27.3 Å². The Morgan fingerprint density at radius 1 is 1.16 bits per heavy atom. The lowest BCUT2D eigenvalue weighted by Gasteiger charge is -2.07. The van der Waals surface area contributed by atoms with Crippen LogP contribution in [0.1, 0.15) is 23.7 Å². The molecule has 4 rings (SSSR count). The summed E-state index contributed by atoms with van der Waals surface area (Å²) in [5, 5.41) is 18.7. The number of aromatic nitrogens is 6. The zero-order chi connectivity index (χ0) is 17.6. The highest BCUT2D eigenvalue weighted by atomic mass is 79.9. The molecule has 0 saturated carbocycles. The van der Waals surface area contributed by atoms with E-state index in [9.17, 15) is 0 Å². The zero-order valence-corrected chi connectivity index (χ0v) is 16.2. The lowest BCUT2D eigenvalue weighted by molar-refractivity contribution is 0.415. The van der Waals surface area contributed by atoms with E-state index < -0.39 is 0 Å². The van der Waals surface area contributed by atoms with Crippen LogP contribution in [0.5, 0.6) is 5.75 Å². The molecule has 0 radical (unpaired) electrons. The number of nitrogens with zero attached hydrogens (tertiary/aromatic N) is 6. The van der Waals surface area contributed by atoms with Gasteiger partial charge in [-0.25, -0.2) is 0 Å². The lowest BCUT2D eigenvalue weighted by atomic mass is 10.2. The van der Waals surface area contributed by atoms with Crippen LogP contribution in [0, 0.1) is 6.92 Å². The van der Waals surface area contributed by atoms with Crippen LogP contribution in [-0.4, -0.2) is 36.7 Å². The molecule has 4 aromatic rings. The average Bonchev–Trinajstić information content (AvgIpc) is 3.29. The second-order valence-electron chi connectivity index (χ2n) is 5.61. The van der Waals surface area contributed by atoms with Gasteiger partial charge in [0.15, 0.2) is 5.82 Å². The standard InChI is InChI=1S/C16H15BrN6OS/c1-9-13(17)8-22(20-9)10(2)15-21-23-14(18-19-16(23)25-15)11-4-6-12(24-3)7-5-11/h4-8,10H,1-3H3/t10-/m0/s1. The molecule has 9 heteroatoms. The Labute approximate surface area is 156 Å². The molecule has 0 bridgehead atoms. The lowest BCUT2D eigenvalue weighted by Crippen LogP contribution is -2.08. The maximum atomic E-state index is 5.20. The molecule has 7 nitrogen and oxygen atoms in total. The van der Waals surface area contributed by atoms with Crippen molar-refractivity contribution >= 4 is 32.2 Å². The fraction of sp³-hybridized carbons (Fsp3) is 0.250. The molecule has 0 aliphatic heterocycles. The smallest absolute Gasteiger partial charge is 0.235 e. The van der Waals surface area contributed by atoms with Gasteiger partial charge in [0.05, 0.1) is 17.3 Å². The summed E-state index contributed by atoms with van der Waals surface area (Å²) in [6.45, 7) is 4.03. The fourth-order valence-electron chi connectivity index (χ4n) is 2.49. The number of methoxy groups -OCH3 is 1. The Morgan fingerprint density at radius 2 is 1.92 bits per heavy atom. The summed E-state index contributed by atoms with van der Waals surface area (Å²) in [5.41, 5.74) is 1.89. The highest BCUT2D eigenvalue weighted by Gasteiger charge is 2.19. The van der Waals surface area contributed by atoms with Crippen molar-refractivity contribution in [3.8, 4) is 17.1 Å². The first-order valence-corrected chi connectivity index (χ1v) is 9.25. The van der Waals surface area contributed by atoms with E-state index in [1.165, 1.54) is 11.3 Å². The summed E-state index contributed by atoms with van der Waals surface area (Å²) in [6.07, 6.45) is 1.97. The highest BCUT2D eigenvalue weighted by molar-refractivity contribution is 9.10. The van der Waals surface area contributed by atoms with E-state index in [-0.39, 0.29) is 6.04 Å². The SMILES string of the molecule is COc1ccc(-c2nnc3sc([C@H](C)n4cc(Br)c(C)n4)nn23)cc1. The number of halogens is 1. The van der Waals surface area contributed by atoms with Gasteiger partial charge in [-0.05, 0) is 54.0 Å². The summed E-state index contributed by atoms with van der Waals surface area (Å²) in [4.78, 5) is 0.760. The monoisotopic (exact) mass is 418 g/mol. The second kappa shape index (κ2) is 6.23. The molecule has 0 aliphatic carbocycles. The molecule has 0 spiro atoms. The molecular weight excluding hydrogens is 404 g/mol. The van der Waals surface area contributed by atoms with Crippen molar-refractivity contribution in [3.05, 3.63) is 45.6 Å². The molecule has 128 valence electrons. The molecule has 0 fully saturated rings. The molecule has 0 aliphatic rings. The largest absolute Gasteiger partial charge is 0.497 e. The molecule has 1 aromatic carbocycles. The van der Waals surface area contributed by atoms with E-state index in [2.05, 4.69) is 38.1 Å². The summed E-state index contributed by atoms with van der Waals surface area (Å²) in [7, 11) is 1.65. The van der Waals surface area contributed by atoms with Crippen molar-refractivity contribution in [2.75, 3.05) is 7.11 Å². The third kappa shape index (κ3) is 2.83. The van der Waals surface area contributed by atoms with Crippen LogP contribution in [0.3, 0.4) is 0 Å². The third-order valence-electron chi connectivity index (χ3n) is 3.97. The minimum Gasteiger partial charge on any atom is -0.497 e. The Hall–Kier alpha value is -2.26. The van der Waals surface area contributed by atoms with Gasteiger partial charge < -0.3 is 4.74 Å². The number of benzene rings is 1. The van der Waals surface area contributed by atoms with E-state index in [1.54, 1.807) is 11.6 Å². The Kier molecular flexibility index (Phi) is 4.04. The molecule has 3 heterocycles. The fourth-order valence-corrected chi connectivity index (χ4v) is 3.66. The Balaban J connectivity index is 1.72. The van der Waals surface area contributed by atoms with Gasteiger partial charge in [-0.2, -0.15) is 14.7 Å². The zero-order valence-electron chi connectivity index (χ0n) is 13.8.